The first-order chi connectivity index (χ1) is 8.62. The molecule has 1 fully saturated rings. The normalized spacial score (nSPS) is 19.2. The zero-order valence-electron chi connectivity index (χ0n) is 10.3. The van der Waals surface area contributed by atoms with Gasteiger partial charge < -0.3 is 5.32 Å². The fourth-order valence-corrected chi connectivity index (χ4v) is 3.22. The van der Waals surface area contributed by atoms with Crippen LogP contribution in [0, 0.1) is 11.3 Å². The minimum atomic E-state index is -3.48. The summed E-state index contributed by atoms with van der Waals surface area (Å²) in [5.41, 5.74) is 0.452. The van der Waals surface area contributed by atoms with E-state index >= 15 is 0 Å². The molecule has 1 aromatic rings. The van der Waals surface area contributed by atoms with Gasteiger partial charge in [0.2, 0.25) is 10.0 Å². The highest BCUT2D eigenvalue weighted by atomic mass is 35.5. The van der Waals surface area contributed by atoms with Gasteiger partial charge in [0.05, 0.1) is 16.5 Å². The fraction of sp³-hybridized carbons (Fsp3) is 0.417. The van der Waals surface area contributed by atoms with Crippen LogP contribution in [0.5, 0.6) is 0 Å². The standard InChI is InChI=1S/C12H15N3O2S.ClH/c13-8-10-3-5-12(6-4-10)18(16,17)15-11-2-1-7-14-9-11;/h3-6,11,14-15H,1-2,7,9H2;1H/t11-;/m0./s1. The summed E-state index contributed by atoms with van der Waals surface area (Å²) < 4.78 is 26.8. The Kier molecular flexibility index (Phi) is 5.76. The molecule has 19 heavy (non-hydrogen) atoms. The van der Waals surface area contributed by atoms with Crippen LogP contribution in [-0.4, -0.2) is 27.5 Å². The Morgan fingerprint density at radius 1 is 1.32 bits per heavy atom. The van der Waals surface area contributed by atoms with Gasteiger partial charge in [-0.2, -0.15) is 5.26 Å². The maximum absolute atomic E-state index is 12.1. The SMILES string of the molecule is Cl.N#Cc1ccc(S(=O)(=O)N[C@H]2CCCNC2)cc1. The van der Waals surface area contributed by atoms with Crippen molar-refractivity contribution in [2.45, 2.75) is 23.8 Å². The monoisotopic (exact) mass is 301 g/mol. The van der Waals surface area contributed by atoms with E-state index in [1.807, 2.05) is 6.07 Å². The largest absolute Gasteiger partial charge is 0.315 e. The molecule has 1 saturated heterocycles. The Bertz CT molecular complexity index is 545. The summed E-state index contributed by atoms with van der Waals surface area (Å²) in [6.07, 6.45) is 1.82. The molecule has 1 heterocycles. The predicted molar refractivity (Wildman–Crippen MR) is 74.6 cm³/mol. The average molecular weight is 302 g/mol. The first-order valence-electron chi connectivity index (χ1n) is 5.85. The van der Waals surface area contributed by atoms with Gasteiger partial charge in [0.15, 0.2) is 0 Å². The molecule has 0 aromatic heterocycles. The van der Waals surface area contributed by atoms with E-state index in [1.54, 1.807) is 0 Å². The first kappa shape index (κ1) is 15.9. The summed E-state index contributed by atoms with van der Waals surface area (Å²) in [5.74, 6) is 0. The molecule has 104 valence electrons. The van der Waals surface area contributed by atoms with Crippen molar-refractivity contribution < 1.29 is 8.42 Å². The van der Waals surface area contributed by atoms with E-state index in [0.29, 0.717) is 12.1 Å². The van der Waals surface area contributed by atoms with Gasteiger partial charge >= 0.3 is 0 Å². The smallest absolute Gasteiger partial charge is 0.240 e. The van der Waals surface area contributed by atoms with Crippen LogP contribution >= 0.6 is 12.4 Å². The Morgan fingerprint density at radius 2 is 2.00 bits per heavy atom. The molecule has 5 nitrogen and oxygen atoms in total. The lowest BCUT2D eigenvalue weighted by Crippen LogP contribution is -2.45. The topological polar surface area (TPSA) is 82.0 Å². The molecule has 0 aliphatic carbocycles. The van der Waals surface area contributed by atoms with Crippen LogP contribution in [0.25, 0.3) is 0 Å². The van der Waals surface area contributed by atoms with Crippen LogP contribution in [0.2, 0.25) is 0 Å². The van der Waals surface area contributed by atoms with Gasteiger partial charge in [-0.05, 0) is 43.7 Å². The molecule has 7 heteroatoms. The molecule has 0 saturated carbocycles. The second-order valence-electron chi connectivity index (χ2n) is 4.30. The highest BCUT2D eigenvalue weighted by molar-refractivity contribution is 7.89. The number of nitrogens with zero attached hydrogens (tertiary/aromatic N) is 1. The molecule has 2 rings (SSSR count). The molecule has 1 atom stereocenters. The van der Waals surface area contributed by atoms with Crippen molar-refractivity contribution in [3.63, 3.8) is 0 Å². The van der Waals surface area contributed by atoms with Crippen molar-refractivity contribution in [3.05, 3.63) is 29.8 Å². The van der Waals surface area contributed by atoms with Gasteiger partial charge in [-0.3, -0.25) is 0 Å². The number of nitrogens with one attached hydrogen (secondary N) is 2. The van der Waals surface area contributed by atoms with E-state index in [9.17, 15) is 8.42 Å². The molecular weight excluding hydrogens is 286 g/mol. The van der Waals surface area contributed by atoms with Gasteiger partial charge in [-0.15, -0.1) is 12.4 Å². The number of hydrogen-bond donors (Lipinski definition) is 2. The molecule has 0 spiro atoms. The molecule has 0 amide bonds. The summed E-state index contributed by atoms with van der Waals surface area (Å²) in [4.78, 5) is 0.201. The molecule has 1 aliphatic heterocycles. The number of hydrogen-bond acceptors (Lipinski definition) is 4. The molecule has 0 unspecified atom stereocenters. The molecule has 0 bridgehead atoms. The molecule has 1 aromatic carbocycles. The van der Waals surface area contributed by atoms with Gasteiger partial charge in [0.1, 0.15) is 0 Å². The summed E-state index contributed by atoms with van der Waals surface area (Å²) in [6, 6.07) is 7.83. The van der Waals surface area contributed by atoms with Crippen molar-refractivity contribution in [1.82, 2.24) is 10.0 Å². The summed E-state index contributed by atoms with van der Waals surface area (Å²) in [6.45, 7) is 1.60. The van der Waals surface area contributed by atoms with Crippen molar-refractivity contribution in [2.75, 3.05) is 13.1 Å². The lowest BCUT2D eigenvalue weighted by atomic mass is 10.1. The predicted octanol–water partition coefficient (Wildman–Crippen LogP) is 1.01. The number of rotatable bonds is 3. The lowest BCUT2D eigenvalue weighted by molar-refractivity contribution is 0.428. The second-order valence-corrected chi connectivity index (χ2v) is 6.01. The number of sulfonamides is 1. The van der Waals surface area contributed by atoms with E-state index in [2.05, 4.69) is 10.0 Å². The number of nitriles is 1. The Hall–Kier alpha value is -1.13. The average Bonchev–Trinajstić information content (AvgIpc) is 2.39. The van der Waals surface area contributed by atoms with Crippen LogP contribution in [0.15, 0.2) is 29.2 Å². The fourth-order valence-electron chi connectivity index (χ4n) is 1.95. The third-order valence-corrected chi connectivity index (χ3v) is 4.45. The lowest BCUT2D eigenvalue weighted by Gasteiger charge is -2.23. The van der Waals surface area contributed by atoms with Crippen molar-refractivity contribution >= 4 is 22.4 Å². The highest BCUT2D eigenvalue weighted by Crippen LogP contribution is 2.12. The van der Waals surface area contributed by atoms with E-state index < -0.39 is 10.0 Å². The van der Waals surface area contributed by atoms with E-state index in [1.165, 1.54) is 24.3 Å². The van der Waals surface area contributed by atoms with Crippen molar-refractivity contribution in [3.8, 4) is 6.07 Å². The zero-order valence-corrected chi connectivity index (χ0v) is 11.9. The number of benzene rings is 1. The van der Waals surface area contributed by atoms with Gasteiger partial charge in [0.25, 0.3) is 0 Å². The van der Waals surface area contributed by atoms with Gasteiger partial charge in [-0.25, -0.2) is 13.1 Å². The number of piperidine rings is 1. The Labute approximate surface area is 119 Å². The zero-order chi connectivity index (χ0) is 13.0. The van der Waals surface area contributed by atoms with Crippen LogP contribution in [0.4, 0.5) is 0 Å². The van der Waals surface area contributed by atoms with Crippen LogP contribution < -0.4 is 10.0 Å². The third kappa shape index (κ3) is 4.18. The third-order valence-electron chi connectivity index (χ3n) is 2.91. The quantitative estimate of drug-likeness (QED) is 0.873. The van der Waals surface area contributed by atoms with E-state index in [-0.39, 0.29) is 23.3 Å². The van der Waals surface area contributed by atoms with E-state index in [0.717, 1.165) is 19.4 Å². The molecule has 1 aliphatic rings. The Morgan fingerprint density at radius 3 is 2.53 bits per heavy atom. The molecular formula is C12H16ClN3O2S. The maximum Gasteiger partial charge on any atom is 0.240 e. The second kappa shape index (κ2) is 6.87. The Balaban J connectivity index is 0.00000180. The molecule has 2 N–H and O–H groups in total. The van der Waals surface area contributed by atoms with Gasteiger partial charge in [-0.1, -0.05) is 0 Å². The summed E-state index contributed by atoms with van der Waals surface area (Å²) in [7, 11) is -3.48. The van der Waals surface area contributed by atoms with Gasteiger partial charge in [0, 0.05) is 12.6 Å². The van der Waals surface area contributed by atoms with E-state index in [4.69, 9.17) is 5.26 Å². The van der Waals surface area contributed by atoms with Crippen LogP contribution in [0.3, 0.4) is 0 Å². The first-order valence-corrected chi connectivity index (χ1v) is 7.33. The van der Waals surface area contributed by atoms with Crippen molar-refractivity contribution in [1.29, 1.82) is 5.26 Å². The highest BCUT2D eigenvalue weighted by Gasteiger charge is 2.21. The minimum absolute atomic E-state index is 0. The summed E-state index contributed by atoms with van der Waals surface area (Å²) in [5, 5.41) is 11.8. The molecule has 0 radical (unpaired) electrons. The van der Waals surface area contributed by atoms with Crippen LogP contribution in [-0.2, 0) is 10.0 Å². The maximum atomic E-state index is 12.1. The minimum Gasteiger partial charge on any atom is -0.315 e. The van der Waals surface area contributed by atoms with Crippen molar-refractivity contribution in [2.24, 2.45) is 0 Å². The summed E-state index contributed by atoms with van der Waals surface area (Å²) >= 11 is 0. The number of halogens is 1. The van der Waals surface area contributed by atoms with Crippen LogP contribution in [0.1, 0.15) is 18.4 Å².